The number of amides is 1. The summed E-state index contributed by atoms with van der Waals surface area (Å²) in [5.74, 6) is -0.467. The molecule has 0 bridgehead atoms. The lowest BCUT2D eigenvalue weighted by molar-refractivity contribution is -0.0758. The van der Waals surface area contributed by atoms with Gasteiger partial charge in [0, 0.05) is 11.5 Å². The quantitative estimate of drug-likeness (QED) is 0.824. The Bertz CT molecular complexity index is 354. The molecular formula is C9H10BrNO3. The first-order chi connectivity index (χ1) is 6.56. The van der Waals surface area contributed by atoms with Crippen LogP contribution in [0.2, 0.25) is 0 Å². The highest BCUT2D eigenvalue weighted by atomic mass is 79.9. The number of phenols is 1. The number of hydrogen-bond acceptors (Lipinski definition) is 3. The van der Waals surface area contributed by atoms with E-state index >= 15 is 0 Å². The van der Waals surface area contributed by atoms with Gasteiger partial charge in [0.05, 0.1) is 12.7 Å². The number of halogens is 1. The SMILES string of the molecule is CON(C)C(=O)c1ccc(Br)cc1O. The Kier molecular flexibility index (Phi) is 3.49. The fourth-order valence-corrected chi connectivity index (χ4v) is 1.29. The number of hydroxylamine groups is 2. The second-order valence-corrected chi connectivity index (χ2v) is 3.56. The minimum atomic E-state index is -0.391. The summed E-state index contributed by atoms with van der Waals surface area (Å²) in [6, 6.07) is 4.66. The zero-order valence-electron chi connectivity index (χ0n) is 7.82. The van der Waals surface area contributed by atoms with Gasteiger partial charge < -0.3 is 5.11 Å². The predicted octanol–water partition coefficient (Wildman–Crippen LogP) is 1.79. The molecule has 5 heteroatoms. The topological polar surface area (TPSA) is 49.8 Å². The van der Waals surface area contributed by atoms with Crippen LogP contribution in [0.5, 0.6) is 5.75 Å². The van der Waals surface area contributed by atoms with Crippen molar-refractivity contribution in [2.75, 3.05) is 14.2 Å². The molecule has 1 N–H and O–H groups in total. The van der Waals surface area contributed by atoms with Crippen molar-refractivity contribution >= 4 is 21.8 Å². The van der Waals surface area contributed by atoms with E-state index in [2.05, 4.69) is 15.9 Å². The molecule has 76 valence electrons. The Morgan fingerprint density at radius 1 is 1.57 bits per heavy atom. The van der Waals surface area contributed by atoms with Crippen molar-refractivity contribution in [2.24, 2.45) is 0 Å². The van der Waals surface area contributed by atoms with Crippen LogP contribution in [-0.2, 0) is 4.84 Å². The van der Waals surface area contributed by atoms with Gasteiger partial charge in [-0.15, -0.1) is 0 Å². The van der Waals surface area contributed by atoms with Crippen molar-refractivity contribution in [1.82, 2.24) is 5.06 Å². The van der Waals surface area contributed by atoms with Crippen LogP contribution in [0.15, 0.2) is 22.7 Å². The van der Waals surface area contributed by atoms with Crippen LogP contribution >= 0.6 is 15.9 Å². The number of benzene rings is 1. The van der Waals surface area contributed by atoms with Gasteiger partial charge in [0.1, 0.15) is 5.75 Å². The molecule has 0 saturated carbocycles. The molecule has 0 fully saturated rings. The van der Waals surface area contributed by atoms with Crippen LogP contribution in [0.25, 0.3) is 0 Å². The fraction of sp³-hybridized carbons (Fsp3) is 0.222. The maximum atomic E-state index is 11.5. The Hall–Kier alpha value is -1.07. The Morgan fingerprint density at radius 3 is 2.71 bits per heavy atom. The molecular weight excluding hydrogens is 250 g/mol. The molecule has 1 rings (SSSR count). The predicted molar refractivity (Wildman–Crippen MR) is 54.9 cm³/mol. The zero-order valence-corrected chi connectivity index (χ0v) is 9.41. The van der Waals surface area contributed by atoms with Crippen molar-refractivity contribution in [1.29, 1.82) is 0 Å². The van der Waals surface area contributed by atoms with Gasteiger partial charge in [0.25, 0.3) is 5.91 Å². The molecule has 1 aromatic rings. The van der Waals surface area contributed by atoms with Gasteiger partial charge in [0.2, 0.25) is 0 Å². The van der Waals surface area contributed by atoms with Crippen LogP contribution in [0.3, 0.4) is 0 Å². The molecule has 0 radical (unpaired) electrons. The highest BCUT2D eigenvalue weighted by Gasteiger charge is 2.15. The van der Waals surface area contributed by atoms with Crippen LogP contribution in [0.4, 0.5) is 0 Å². The van der Waals surface area contributed by atoms with Gasteiger partial charge in [0.15, 0.2) is 0 Å². The average Bonchev–Trinajstić information content (AvgIpc) is 2.15. The third-order valence-corrected chi connectivity index (χ3v) is 2.24. The smallest absolute Gasteiger partial charge is 0.280 e. The van der Waals surface area contributed by atoms with Crippen LogP contribution in [0.1, 0.15) is 10.4 Å². The molecule has 4 nitrogen and oxygen atoms in total. The standard InChI is InChI=1S/C9H10BrNO3/c1-11(14-2)9(13)7-4-3-6(10)5-8(7)12/h3-5,12H,1-2H3. The van der Waals surface area contributed by atoms with E-state index in [4.69, 9.17) is 4.84 Å². The summed E-state index contributed by atoms with van der Waals surface area (Å²) in [4.78, 5) is 16.2. The molecule has 0 aliphatic heterocycles. The van der Waals surface area contributed by atoms with Crippen molar-refractivity contribution < 1.29 is 14.7 Å². The van der Waals surface area contributed by atoms with E-state index in [1.807, 2.05) is 0 Å². The number of hydrogen-bond donors (Lipinski definition) is 1. The van der Waals surface area contributed by atoms with Crippen molar-refractivity contribution in [3.8, 4) is 5.75 Å². The van der Waals surface area contributed by atoms with Gasteiger partial charge >= 0.3 is 0 Å². The lowest BCUT2D eigenvalue weighted by atomic mass is 10.2. The molecule has 0 aromatic heterocycles. The third-order valence-electron chi connectivity index (χ3n) is 1.75. The monoisotopic (exact) mass is 259 g/mol. The second-order valence-electron chi connectivity index (χ2n) is 2.65. The first-order valence-electron chi connectivity index (χ1n) is 3.87. The molecule has 0 spiro atoms. The highest BCUT2D eigenvalue weighted by molar-refractivity contribution is 9.10. The lowest BCUT2D eigenvalue weighted by Crippen LogP contribution is -2.25. The van der Waals surface area contributed by atoms with Crippen molar-refractivity contribution in [3.63, 3.8) is 0 Å². The maximum Gasteiger partial charge on any atom is 0.280 e. The first kappa shape index (κ1) is 11.0. The van der Waals surface area contributed by atoms with Crippen LogP contribution < -0.4 is 0 Å². The summed E-state index contributed by atoms with van der Waals surface area (Å²) in [7, 11) is 2.86. The normalized spacial score (nSPS) is 9.93. The number of phenolic OH excluding ortho intramolecular Hbond substituents is 1. The fourth-order valence-electron chi connectivity index (χ4n) is 0.938. The number of nitrogens with zero attached hydrogens (tertiary/aromatic N) is 1. The van der Waals surface area contributed by atoms with Crippen molar-refractivity contribution in [2.45, 2.75) is 0 Å². The van der Waals surface area contributed by atoms with E-state index in [0.717, 1.165) is 5.06 Å². The molecule has 0 aliphatic carbocycles. The summed E-state index contributed by atoms with van der Waals surface area (Å²) in [5.41, 5.74) is 0.206. The van der Waals surface area contributed by atoms with Gasteiger partial charge in [-0.2, -0.15) is 0 Å². The number of carbonyl (C=O) groups excluding carboxylic acids is 1. The molecule has 0 aliphatic rings. The van der Waals surface area contributed by atoms with Gasteiger partial charge in [-0.3, -0.25) is 9.63 Å². The minimum Gasteiger partial charge on any atom is -0.507 e. The Morgan fingerprint density at radius 2 is 2.21 bits per heavy atom. The van der Waals surface area contributed by atoms with E-state index in [1.54, 1.807) is 6.07 Å². The summed E-state index contributed by atoms with van der Waals surface area (Å²) < 4.78 is 0.714. The summed E-state index contributed by atoms with van der Waals surface area (Å²) in [6.07, 6.45) is 0. The third kappa shape index (κ3) is 2.24. The van der Waals surface area contributed by atoms with E-state index in [1.165, 1.54) is 26.3 Å². The highest BCUT2D eigenvalue weighted by Crippen LogP contribution is 2.23. The van der Waals surface area contributed by atoms with Crippen LogP contribution in [0, 0.1) is 0 Å². The molecule has 0 saturated heterocycles. The summed E-state index contributed by atoms with van der Waals surface area (Å²) in [6.45, 7) is 0. The molecule has 14 heavy (non-hydrogen) atoms. The van der Waals surface area contributed by atoms with E-state index in [0.29, 0.717) is 4.47 Å². The number of carbonyl (C=O) groups is 1. The van der Waals surface area contributed by atoms with Crippen molar-refractivity contribution in [3.05, 3.63) is 28.2 Å². The Labute approximate surface area is 90.2 Å². The first-order valence-corrected chi connectivity index (χ1v) is 4.66. The van der Waals surface area contributed by atoms with E-state index < -0.39 is 5.91 Å². The largest absolute Gasteiger partial charge is 0.507 e. The molecule has 1 aromatic carbocycles. The van der Waals surface area contributed by atoms with Gasteiger partial charge in [-0.05, 0) is 18.2 Å². The van der Waals surface area contributed by atoms with Gasteiger partial charge in [-0.25, -0.2) is 5.06 Å². The number of rotatable bonds is 2. The molecule has 0 atom stereocenters. The summed E-state index contributed by atoms with van der Waals surface area (Å²) >= 11 is 3.18. The van der Waals surface area contributed by atoms with E-state index in [-0.39, 0.29) is 11.3 Å². The zero-order chi connectivity index (χ0) is 10.7. The molecule has 0 heterocycles. The van der Waals surface area contributed by atoms with E-state index in [9.17, 15) is 9.90 Å². The summed E-state index contributed by atoms with van der Waals surface area (Å²) in [5, 5.41) is 10.5. The maximum absolute atomic E-state index is 11.5. The van der Waals surface area contributed by atoms with Crippen LogP contribution in [-0.4, -0.2) is 30.2 Å². The number of aromatic hydroxyl groups is 1. The Balaban J connectivity index is 3.02. The average molecular weight is 260 g/mol. The molecule has 1 amide bonds. The lowest BCUT2D eigenvalue weighted by Gasteiger charge is -2.14. The minimum absolute atomic E-state index is 0.0757. The second kappa shape index (κ2) is 4.43. The van der Waals surface area contributed by atoms with Gasteiger partial charge in [-0.1, -0.05) is 15.9 Å². The molecule has 0 unspecified atom stereocenters.